The van der Waals surface area contributed by atoms with Gasteiger partial charge in [0.2, 0.25) is 0 Å². The van der Waals surface area contributed by atoms with Gasteiger partial charge in [-0.3, -0.25) is 4.79 Å². The van der Waals surface area contributed by atoms with Crippen molar-refractivity contribution >= 4 is 39.1 Å². The van der Waals surface area contributed by atoms with Crippen molar-refractivity contribution in [2.24, 2.45) is 0 Å². The van der Waals surface area contributed by atoms with Crippen LogP contribution in [0.15, 0.2) is 42.6 Å². The summed E-state index contributed by atoms with van der Waals surface area (Å²) in [6, 6.07) is 11.6. The Labute approximate surface area is 154 Å². The minimum Gasteiger partial charge on any atom is -0.451 e. The van der Waals surface area contributed by atoms with Crippen LogP contribution in [0.2, 0.25) is 0 Å². The second-order valence-electron chi connectivity index (χ2n) is 6.37. The number of hydrogen-bond acceptors (Lipinski definition) is 5. The second kappa shape index (κ2) is 7.29. The third-order valence-corrected chi connectivity index (χ3v) is 5.67. The van der Waals surface area contributed by atoms with Gasteiger partial charge in [-0.1, -0.05) is 31.0 Å². The summed E-state index contributed by atoms with van der Waals surface area (Å²) >= 11 is 1.36. The number of nitrogens with zero attached hydrogens (tertiary/aromatic N) is 2. The monoisotopic (exact) mass is 369 g/mol. The zero-order chi connectivity index (χ0) is 17.9. The molecule has 1 aliphatic carbocycles. The van der Waals surface area contributed by atoms with Crippen LogP contribution < -0.4 is 5.32 Å². The lowest BCUT2D eigenvalue weighted by molar-refractivity contribution is -0.119. The van der Waals surface area contributed by atoms with Crippen LogP contribution in [0.1, 0.15) is 41.4 Å². The third-order valence-electron chi connectivity index (χ3n) is 4.57. The second-order valence-corrected chi connectivity index (χ2v) is 7.46. The van der Waals surface area contributed by atoms with Crippen molar-refractivity contribution in [2.75, 3.05) is 11.9 Å². The number of nitrogens with one attached hydrogen (secondary N) is 1. The summed E-state index contributed by atoms with van der Waals surface area (Å²) in [5.41, 5.74) is 0. The van der Waals surface area contributed by atoms with Crippen LogP contribution in [0.3, 0.4) is 0 Å². The summed E-state index contributed by atoms with van der Waals surface area (Å²) in [4.78, 5) is 24.8. The van der Waals surface area contributed by atoms with E-state index >= 15 is 0 Å². The van der Waals surface area contributed by atoms with E-state index in [2.05, 4.69) is 10.4 Å². The maximum Gasteiger partial charge on any atom is 0.348 e. The highest BCUT2D eigenvalue weighted by Gasteiger charge is 2.21. The van der Waals surface area contributed by atoms with Gasteiger partial charge < -0.3 is 10.1 Å². The van der Waals surface area contributed by atoms with Crippen LogP contribution in [0, 0.1) is 0 Å². The zero-order valence-electron chi connectivity index (χ0n) is 14.2. The first-order valence-corrected chi connectivity index (χ1v) is 9.51. The van der Waals surface area contributed by atoms with Gasteiger partial charge in [0.15, 0.2) is 6.61 Å². The molecule has 0 bridgehead atoms. The number of anilines is 1. The number of benzene rings is 1. The standard InChI is InChI=1S/C19H19N3O3S/c23-18(21-17-9-10-20-22(17)14-6-2-3-7-14)12-25-19(24)16-11-13-5-1-4-8-15(13)26-16/h1,4-5,8-11,14H,2-3,6-7,12H2,(H,21,23). The molecule has 0 atom stereocenters. The van der Waals surface area contributed by atoms with E-state index in [0.717, 1.165) is 22.9 Å². The summed E-state index contributed by atoms with van der Waals surface area (Å²) < 4.78 is 8.04. The van der Waals surface area contributed by atoms with Crippen molar-refractivity contribution in [3.63, 3.8) is 0 Å². The van der Waals surface area contributed by atoms with Gasteiger partial charge in [-0.25, -0.2) is 9.48 Å². The number of rotatable bonds is 5. The maximum atomic E-state index is 12.2. The van der Waals surface area contributed by atoms with Crippen molar-refractivity contribution in [3.05, 3.63) is 47.5 Å². The van der Waals surface area contributed by atoms with Gasteiger partial charge in [0.25, 0.3) is 5.91 Å². The first kappa shape index (κ1) is 16.8. The van der Waals surface area contributed by atoms with Gasteiger partial charge in [0.05, 0.1) is 12.2 Å². The van der Waals surface area contributed by atoms with Crippen LogP contribution in [-0.2, 0) is 9.53 Å². The molecule has 0 unspecified atom stereocenters. The van der Waals surface area contributed by atoms with E-state index in [1.54, 1.807) is 18.3 Å². The topological polar surface area (TPSA) is 73.2 Å². The van der Waals surface area contributed by atoms with E-state index in [1.807, 2.05) is 28.9 Å². The summed E-state index contributed by atoms with van der Waals surface area (Å²) in [6.45, 7) is -0.317. The molecule has 1 aromatic carbocycles. The van der Waals surface area contributed by atoms with Crippen LogP contribution >= 0.6 is 11.3 Å². The van der Waals surface area contributed by atoms with Gasteiger partial charge >= 0.3 is 5.97 Å². The molecule has 4 rings (SSSR count). The maximum absolute atomic E-state index is 12.2. The van der Waals surface area contributed by atoms with E-state index < -0.39 is 5.97 Å². The van der Waals surface area contributed by atoms with Crippen LogP contribution in [-0.4, -0.2) is 28.3 Å². The van der Waals surface area contributed by atoms with Gasteiger partial charge in [0.1, 0.15) is 10.7 Å². The quantitative estimate of drug-likeness (QED) is 0.690. The summed E-state index contributed by atoms with van der Waals surface area (Å²) in [5.74, 6) is -0.190. The minimum atomic E-state index is -0.481. The number of carbonyl (C=O) groups is 2. The summed E-state index contributed by atoms with van der Waals surface area (Å²) in [5, 5.41) is 8.10. The molecule has 3 aromatic rings. The van der Waals surface area contributed by atoms with Crippen LogP contribution in [0.25, 0.3) is 10.1 Å². The Kier molecular flexibility index (Phi) is 4.71. The number of carbonyl (C=O) groups excluding carboxylic acids is 2. The van der Waals surface area contributed by atoms with E-state index in [-0.39, 0.29) is 12.5 Å². The minimum absolute atomic E-state index is 0.317. The molecular weight excluding hydrogens is 350 g/mol. The van der Waals surface area contributed by atoms with Gasteiger partial charge in [-0.05, 0) is 30.4 Å². The van der Waals surface area contributed by atoms with Gasteiger partial charge in [-0.2, -0.15) is 5.10 Å². The summed E-state index contributed by atoms with van der Waals surface area (Å²) in [7, 11) is 0. The molecule has 1 fully saturated rings. The molecule has 1 N–H and O–H groups in total. The highest BCUT2D eigenvalue weighted by atomic mass is 32.1. The van der Waals surface area contributed by atoms with Gasteiger partial charge in [-0.15, -0.1) is 11.3 Å². The fraction of sp³-hybridized carbons (Fsp3) is 0.316. The lowest BCUT2D eigenvalue weighted by Gasteiger charge is -2.14. The van der Waals surface area contributed by atoms with E-state index in [1.165, 1.54) is 24.2 Å². The van der Waals surface area contributed by atoms with Gasteiger partial charge in [0, 0.05) is 10.8 Å². The first-order valence-electron chi connectivity index (χ1n) is 8.70. The number of esters is 1. The molecule has 1 amide bonds. The SMILES string of the molecule is O=C(COC(=O)c1cc2ccccc2s1)Nc1ccnn1C1CCCC1. The lowest BCUT2D eigenvalue weighted by Crippen LogP contribution is -2.23. The Bertz CT molecular complexity index is 907. The van der Waals surface area contributed by atoms with Crippen LogP contribution in [0.5, 0.6) is 0 Å². The largest absolute Gasteiger partial charge is 0.451 e. The molecule has 0 saturated heterocycles. The molecule has 6 nitrogen and oxygen atoms in total. The molecule has 1 aliphatic rings. The van der Waals surface area contributed by atoms with Crippen molar-refractivity contribution < 1.29 is 14.3 Å². The fourth-order valence-corrected chi connectivity index (χ4v) is 4.27. The number of ether oxygens (including phenoxy) is 1. The molecule has 26 heavy (non-hydrogen) atoms. The normalized spacial score (nSPS) is 14.6. The lowest BCUT2D eigenvalue weighted by atomic mass is 10.2. The molecule has 2 heterocycles. The number of thiophene rings is 1. The Hall–Kier alpha value is -2.67. The Morgan fingerprint density at radius 1 is 1.23 bits per heavy atom. The Morgan fingerprint density at radius 2 is 2.04 bits per heavy atom. The van der Waals surface area contributed by atoms with Crippen LogP contribution in [0.4, 0.5) is 5.82 Å². The van der Waals surface area contributed by atoms with Crippen molar-refractivity contribution in [2.45, 2.75) is 31.7 Å². The Morgan fingerprint density at radius 3 is 2.85 bits per heavy atom. The van der Waals surface area contributed by atoms with E-state index in [4.69, 9.17) is 4.74 Å². The molecular formula is C19H19N3O3S. The van der Waals surface area contributed by atoms with E-state index in [0.29, 0.717) is 16.7 Å². The molecule has 0 radical (unpaired) electrons. The fourth-order valence-electron chi connectivity index (χ4n) is 3.32. The van der Waals surface area contributed by atoms with E-state index in [9.17, 15) is 9.59 Å². The average Bonchev–Trinajstić information content (AvgIpc) is 3.38. The first-order chi connectivity index (χ1) is 12.7. The highest BCUT2D eigenvalue weighted by molar-refractivity contribution is 7.20. The zero-order valence-corrected chi connectivity index (χ0v) is 15.0. The number of hydrogen-bond donors (Lipinski definition) is 1. The van der Waals surface area contributed by atoms with Crippen molar-refractivity contribution in [1.29, 1.82) is 0 Å². The third kappa shape index (κ3) is 3.48. The molecule has 1 saturated carbocycles. The summed E-state index contributed by atoms with van der Waals surface area (Å²) in [6.07, 6.45) is 6.20. The molecule has 2 aromatic heterocycles. The Balaban J connectivity index is 1.35. The predicted molar refractivity (Wildman–Crippen MR) is 100 cm³/mol. The van der Waals surface area contributed by atoms with Crippen molar-refractivity contribution in [1.82, 2.24) is 9.78 Å². The predicted octanol–water partition coefficient (Wildman–Crippen LogP) is 4.01. The smallest absolute Gasteiger partial charge is 0.348 e. The number of fused-ring (bicyclic) bond motifs is 1. The molecule has 0 aliphatic heterocycles. The molecule has 134 valence electrons. The number of amides is 1. The number of aromatic nitrogens is 2. The molecule has 7 heteroatoms. The molecule has 0 spiro atoms. The average molecular weight is 369 g/mol. The van der Waals surface area contributed by atoms with Crippen molar-refractivity contribution in [3.8, 4) is 0 Å². The highest BCUT2D eigenvalue weighted by Crippen LogP contribution is 2.31.